The highest BCUT2D eigenvalue weighted by molar-refractivity contribution is 8.93. The molecule has 0 saturated carbocycles. The van der Waals surface area contributed by atoms with Crippen LogP contribution in [0.2, 0.25) is 5.02 Å². The molecular formula is C7H9BrClN. The highest BCUT2D eigenvalue weighted by atomic mass is 79.9. The van der Waals surface area contributed by atoms with Crippen LogP contribution in [-0.2, 0) is 6.54 Å². The molecule has 0 bridgehead atoms. The molecule has 0 atom stereocenters. The Morgan fingerprint density at radius 3 is 2.30 bits per heavy atom. The molecule has 0 amide bonds. The molecule has 0 aliphatic heterocycles. The summed E-state index contributed by atoms with van der Waals surface area (Å²) in [4.78, 5) is 0. The van der Waals surface area contributed by atoms with Crippen LogP contribution in [-0.4, -0.2) is 0 Å². The Labute approximate surface area is 76.0 Å². The predicted molar refractivity (Wildman–Crippen MR) is 49.7 cm³/mol. The maximum atomic E-state index is 5.74. The van der Waals surface area contributed by atoms with Crippen molar-refractivity contribution in [2.45, 2.75) is 6.54 Å². The van der Waals surface area contributed by atoms with Gasteiger partial charge in [0.05, 0.1) is 0 Å². The second kappa shape index (κ2) is 4.72. The molecule has 0 fully saturated rings. The van der Waals surface area contributed by atoms with Gasteiger partial charge in [-0.1, -0.05) is 29.8 Å². The van der Waals surface area contributed by atoms with E-state index < -0.39 is 0 Å². The van der Waals surface area contributed by atoms with E-state index in [1.54, 1.807) is 0 Å². The third kappa shape index (κ3) is 2.29. The number of hydrogen-bond donors (Lipinski definition) is 1. The van der Waals surface area contributed by atoms with Gasteiger partial charge in [-0.2, -0.15) is 0 Å². The molecule has 0 radical (unpaired) electrons. The van der Waals surface area contributed by atoms with E-state index in [-0.39, 0.29) is 17.0 Å². The lowest BCUT2D eigenvalue weighted by Crippen LogP contribution is -1.95. The first-order chi connectivity index (χ1) is 4.34. The van der Waals surface area contributed by atoms with E-state index in [1.807, 2.05) is 24.3 Å². The van der Waals surface area contributed by atoms with Gasteiger partial charge in [0.2, 0.25) is 0 Å². The lowest BCUT2D eigenvalue weighted by molar-refractivity contribution is 1.07. The van der Waals surface area contributed by atoms with E-state index in [0.29, 0.717) is 6.54 Å². The van der Waals surface area contributed by atoms with Crippen molar-refractivity contribution >= 4 is 28.6 Å². The van der Waals surface area contributed by atoms with Crippen LogP contribution in [0.3, 0.4) is 0 Å². The van der Waals surface area contributed by atoms with Crippen LogP contribution in [0.25, 0.3) is 0 Å². The summed E-state index contributed by atoms with van der Waals surface area (Å²) in [6, 6.07) is 7.57. The van der Waals surface area contributed by atoms with Crippen molar-refractivity contribution in [2.24, 2.45) is 5.73 Å². The van der Waals surface area contributed by atoms with E-state index >= 15 is 0 Å². The number of nitrogens with two attached hydrogens (primary N) is 1. The van der Waals surface area contributed by atoms with Crippen LogP contribution in [0.4, 0.5) is 0 Å². The van der Waals surface area contributed by atoms with Crippen molar-refractivity contribution in [1.29, 1.82) is 0 Å². The van der Waals surface area contributed by atoms with Gasteiger partial charge in [-0.15, -0.1) is 17.0 Å². The molecule has 56 valence electrons. The summed E-state index contributed by atoms with van der Waals surface area (Å²) in [6.07, 6.45) is 0. The lowest BCUT2D eigenvalue weighted by atomic mass is 10.2. The fourth-order valence-corrected chi connectivity index (χ4v) is 0.877. The van der Waals surface area contributed by atoms with Gasteiger partial charge in [-0.3, -0.25) is 0 Å². The first-order valence-electron chi connectivity index (χ1n) is 2.78. The molecule has 3 heteroatoms. The summed E-state index contributed by atoms with van der Waals surface area (Å²) < 4.78 is 0. The van der Waals surface area contributed by atoms with E-state index in [2.05, 4.69) is 0 Å². The van der Waals surface area contributed by atoms with Gasteiger partial charge in [0.25, 0.3) is 0 Å². The molecule has 0 heterocycles. The highest BCUT2D eigenvalue weighted by Gasteiger charge is 1.92. The number of hydrogen-bond acceptors (Lipinski definition) is 1. The molecule has 0 aliphatic carbocycles. The molecule has 0 aliphatic rings. The normalized spacial score (nSPS) is 8.60. The van der Waals surface area contributed by atoms with E-state index in [1.165, 1.54) is 0 Å². The molecule has 1 nitrogen and oxygen atoms in total. The second-order valence-corrected chi connectivity index (χ2v) is 2.20. The van der Waals surface area contributed by atoms with Crippen molar-refractivity contribution < 1.29 is 0 Å². The largest absolute Gasteiger partial charge is 0.326 e. The third-order valence-corrected chi connectivity index (χ3v) is 1.55. The molecule has 0 aromatic heterocycles. The van der Waals surface area contributed by atoms with Crippen molar-refractivity contribution in [3.63, 3.8) is 0 Å². The molecule has 1 aromatic carbocycles. The second-order valence-electron chi connectivity index (χ2n) is 1.80. The van der Waals surface area contributed by atoms with E-state index in [0.717, 1.165) is 10.6 Å². The van der Waals surface area contributed by atoms with Crippen LogP contribution in [0.5, 0.6) is 0 Å². The lowest BCUT2D eigenvalue weighted by Gasteiger charge is -1.96. The number of halogens is 2. The highest BCUT2D eigenvalue weighted by Crippen LogP contribution is 2.12. The Kier molecular flexibility index (Phi) is 4.69. The molecule has 0 spiro atoms. The summed E-state index contributed by atoms with van der Waals surface area (Å²) in [5, 5.41) is 0.750. The van der Waals surface area contributed by atoms with Gasteiger partial charge in [0.15, 0.2) is 0 Å². The third-order valence-electron chi connectivity index (χ3n) is 1.18. The minimum absolute atomic E-state index is 0. The van der Waals surface area contributed by atoms with Crippen LogP contribution in [0, 0.1) is 0 Å². The minimum Gasteiger partial charge on any atom is -0.326 e. The molecule has 0 unspecified atom stereocenters. The standard InChI is InChI=1S/C7H8ClN.BrH/c8-7-4-2-1-3-6(7)5-9;/h1-4H,5,9H2;1H. The number of benzene rings is 1. The first kappa shape index (κ1) is 9.95. The average Bonchev–Trinajstić information content (AvgIpc) is 1.89. The smallest absolute Gasteiger partial charge is 0.0450 e. The zero-order valence-electron chi connectivity index (χ0n) is 5.38. The zero-order chi connectivity index (χ0) is 6.69. The quantitative estimate of drug-likeness (QED) is 0.776. The van der Waals surface area contributed by atoms with Gasteiger partial charge < -0.3 is 5.73 Å². The Morgan fingerprint density at radius 1 is 1.30 bits per heavy atom. The summed E-state index contributed by atoms with van der Waals surface area (Å²) in [5.74, 6) is 0. The van der Waals surface area contributed by atoms with Crippen molar-refractivity contribution in [3.05, 3.63) is 34.9 Å². The molecule has 0 saturated heterocycles. The van der Waals surface area contributed by atoms with Gasteiger partial charge in [0, 0.05) is 11.6 Å². The Morgan fingerprint density at radius 2 is 1.90 bits per heavy atom. The van der Waals surface area contributed by atoms with Gasteiger partial charge >= 0.3 is 0 Å². The molecule has 1 aromatic rings. The Bertz CT molecular complexity index is 203. The van der Waals surface area contributed by atoms with Gasteiger partial charge in [0.1, 0.15) is 0 Å². The van der Waals surface area contributed by atoms with E-state index in [4.69, 9.17) is 17.3 Å². The summed E-state index contributed by atoms with van der Waals surface area (Å²) in [6.45, 7) is 0.514. The van der Waals surface area contributed by atoms with Crippen LogP contribution in [0.15, 0.2) is 24.3 Å². The zero-order valence-corrected chi connectivity index (χ0v) is 7.85. The van der Waals surface area contributed by atoms with Crippen molar-refractivity contribution in [3.8, 4) is 0 Å². The topological polar surface area (TPSA) is 26.0 Å². The van der Waals surface area contributed by atoms with Crippen LogP contribution >= 0.6 is 28.6 Å². The van der Waals surface area contributed by atoms with Crippen LogP contribution < -0.4 is 5.73 Å². The summed E-state index contributed by atoms with van der Waals surface area (Å²) in [7, 11) is 0. The van der Waals surface area contributed by atoms with Crippen molar-refractivity contribution in [1.82, 2.24) is 0 Å². The summed E-state index contributed by atoms with van der Waals surface area (Å²) in [5.41, 5.74) is 6.37. The Balaban J connectivity index is 0.000000810. The molecule has 2 N–H and O–H groups in total. The predicted octanol–water partition coefficient (Wildman–Crippen LogP) is 2.38. The molecule has 10 heavy (non-hydrogen) atoms. The first-order valence-corrected chi connectivity index (χ1v) is 3.16. The SMILES string of the molecule is Br.NCc1ccccc1Cl. The van der Waals surface area contributed by atoms with Crippen molar-refractivity contribution in [2.75, 3.05) is 0 Å². The van der Waals surface area contributed by atoms with Gasteiger partial charge in [-0.25, -0.2) is 0 Å². The van der Waals surface area contributed by atoms with E-state index in [9.17, 15) is 0 Å². The fourth-order valence-electron chi connectivity index (χ4n) is 0.664. The summed E-state index contributed by atoms with van der Waals surface area (Å²) >= 11 is 5.74. The van der Waals surface area contributed by atoms with Gasteiger partial charge in [-0.05, 0) is 11.6 Å². The van der Waals surface area contributed by atoms with Crippen LogP contribution in [0.1, 0.15) is 5.56 Å². The fraction of sp³-hybridized carbons (Fsp3) is 0.143. The minimum atomic E-state index is 0. The average molecular weight is 223 g/mol. The monoisotopic (exact) mass is 221 g/mol. The Hall–Kier alpha value is -0.0500. The maximum Gasteiger partial charge on any atom is 0.0450 e. The maximum absolute atomic E-state index is 5.74. The number of rotatable bonds is 1. The molecular weight excluding hydrogens is 213 g/mol. The molecule has 1 rings (SSSR count).